The van der Waals surface area contributed by atoms with Gasteiger partial charge in [0.05, 0.1) is 24.8 Å². The predicted octanol–water partition coefficient (Wildman–Crippen LogP) is 3.88. The molecule has 1 atom stereocenters. The highest BCUT2D eigenvalue weighted by Crippen LogP contribution is 2.45. The first-order valence-corrected chi connectivity index (χ1v) is 9.87. The van der Waals surface area contributed by atoms with Crippen molar-refractivity contribution in [1.29, 1.82) is 5.26 Å². The molecule has 2 aromatic carbocycles. The lowest BCUT2D eigenvalue weighted by atomic mass is 9.81. The molecule has 1 unspecified atom stereocenters. The Balaban J connectivity index is 0.00000240. The number of aliphatic hydroxyl groups excluding tert-OH is 1. The smallest absolute Gasteiger partial charge is 0.126 e. The summed E-state index contributed by atoms with van der Waals surface area (Å²) in [5, 5.41) is 19.6. The number of fused-ring (bicyclic) bond motifs is 1. The second-order valence-corrected chi connectivity index (χ2v) is 7.81. The van der Waals surface area contributed by atoms with Crippen molar-refractivity contribution in [2.45, 2.75) is 37.4 Å². The lowest BCUT2D eigenvalue weighted by Gasteiger charge is -2.46. The molecule has 2 aliphatic heterocycles. The van der Waals surface area contributed by atoms with Crippen LogP contribution in [0.3, 0.4) is 0 Å². The van der Waals surface area contributed by atoms with E-state index in [4.69, 9.17) is 14.7 Å². The number of hydrogen-bond acceptors (Lipinski definition) is 5. The molecule has 1 spiro atoms. The van der Waals surface area contributed by atoms with Crippen molar-refractivity contribution >= 4 is 12.4 Å². The van der Waals surface area contributed by atoms with Gasteiger partial charge in [0, 0.05) is 31.6 Å². The van der Waals surface area contributed by atoms with E-state index in [1.54, 1.807) is 7.11 Å². The summed E-state index contributed by atoms with van der Waals surface area (Å²) in [5.41, 5.74) is 2.51. The molecular formula is C23H27ClN2O3. The average Bonchev–Trinajstić information content (AvgIpc) is 2.73. The molecule has 1 N–H and O–H groups in total. The zero-order chi connectivity index (χ0) is 19.6. The third-order valence-electron chi connectivity index (χ3n) is 6.03. The first-order valence-electron chi connectivity index (χ1n) is 9.87. The van der Waals surface area contributed by atoms with Crippen LogP contribution in [0.1, 0.15) is 42.1 Å². The van der Waals surface area contributed by atoms with E-state index in [0.717, 1.165) is 56.0 Å². The number of ether oxygens (including phenoxy) is 2. The van der Waals surface area contributed by atoms with Gasteiger partial charge < -0.3 is 19.5 Å². The molecule has 0 aromatic heterocycles. The van der Waals surface area contributed by atoms with Crippen molar-refractivity contribution in [1.82, 2.24) is 4.90 Å². The van der Waals surface area contributed by atoms with Crippen LogP contribution in [0.5, 0.6) is 11.5 Å². The third-order valence-corrected chi connectivity index (χ3v) is 6.03. The Labute approximate surface area is 178 Å². The van der Waals surface area contributed by atoms with Gasteiger partial charge in [-0.2, -0.15) is 5.26 Å². The van der Waals surface area contributed by atoms with Crippen molar-refractivity contribution in [2.75, 3.05) is 26.7 Å². The highest BCUT2D eigenvalue weighted by Gasteiger charge is 2.42. The number of rotatable bonds is 4. The van der Waals surface area contributed by atoms with E-state index in [0.29, 0.717) is 12.0 Å². The molecule has 2 aromatic rings. The number of halogens is 1. The Bertz CT molecular complexity index is 871. The van der Waals surface area contributed by atoms with Crippen molar-refractivity contribution in [3.63, 3.8) is 0 Å². The van der Waals surface area contributed by atoms with E-state index >= 15 is 0 Å². The predicted molar refractivity (Wildman–Crippen MR) is 114 cm³/mol. The van der Waals surface area contributed by atoms with Crippen LogP contribution in [0.2, 0.25) is 0 Å². The monoisotopic (exact) mass is 414 g/mol. The Hall–Kier alpha value is -2.26. The zero-order valence-corrected chi connectivity index (χ0v) is 17.5. The van der Waals surface area contributed by atoms with Gasteiger partial charge in [-0.25, -0.2) is 0 Å². The Morgan fingerprint density at radius 1 is 1.21 bits per heavy atom. The minimum Gasteiger partial charge on any atom is -0.497 e. The van der Waals surface area contributed by atoms with Crippen molar-refractivity contribution in [3.8, 4) is 17.6 Å². The molecular weight excluding hydrogens is 388 g/mol. The number of likely N-dealkylation sites (tertiary alicyclic amines) is 1. The first-order chi connectivity index (χ1) is 13.6. The Morgan fingerprint density at radius 3 is 2.59 bits per heavy atom. The minimum absolute atomic E-state index is 0. The van der Waals surface area contributed by atoms with Crippen molar-refractivity contribution in [3.05, 3.63) is 59.2 Å². The van der Waals surface area contributed by atoms with Gasteiger partial charge >= 0.3 is 0 Å². The van der Waals surface area contributed by atoms with Crippen LogP contribution in [0.15, 0.2) is 42.5 Å². The highest BCUT2D eigenvalue weighted by atomic mass is 35.5. The molecule has 0 saturated carbocycles. The molecule has 4 rings (SSSR count). The van der Waals surface area contributed by atoms with Crippen LogP contribution < -0.4 is 9.47 Å². The number of methoxy groups -OCH3 is 1. The lowest BCUT2D eigenvalue weighted by molar-refractivity contribution is -0.0537. The summed E-state index contributed by atoms with van der Waals surface area (Å²) < 4.78 is 11.7. The molecule has 0 aliphatic carbocycles. The number of benzene rings is 2. The van der Waals surface area contributed by atoms with E-state index in [-0.39, 0.29) is 18.0 Å². The van der Waals surface area contributed by atoms with E-state index in [1.807, 2.05) is 42.5 Å². The summed E-state index contributed by atoms with van der Waals surface area (Å²) in [6, 6.07) is 15.7. The number of hydrogen-bond donors (Lipinski definition) is 1. The molecule has 154 valence electrons. The van der Waals surface area contributed by atoms with Crippen molar-refractivity contribution in [2.24, 2.45) is 0 Å². The SMILES string of the molecule is COc1ccc2c(c1)C(O)CC1(CCN(CCc3ccc(C#N)cc3)CC1)O2.Cl. The molecule has 6 heteroatoms. The van der Waals surface area contributed by atoms with Gasteiger partial charge in [-0.3, -0.25) is 0 Å². The largest absolute Gasteiger partial charge is 0.497 e. The van der Waals surface area contributed by atoms with E-state index < -0.39 is 6.10 Å². The number of piperidine rings is 1. The zero-order valence-electron chi connectivity index (χ0n) is 16.6. The van der Waals surface area contributed by atoms with E-state index in [1.165, 1.54) is 5.56 Å². The topological polar surface area (TPSA) is 65.7 Å². The Morgan fingerprint density at radius 2 is 1.93 bits per heavy atom. The lowest BCUT2D eigenvalue weighted by Crippen LogP contribution is -2.50. The highest BCUT2D eigenvalue weighted by molar-refractivity contribution is 5.85. The van der Waals surface area contributed by atoms with Gasteiger partial charge in [0.15, 0.2) is 0 Å². The number of aliphatic hydroxyl groups is 1. The fourth-order valence-corrected chi connectivity index (χ4v) is 4.27. The molecule has 1 saturated heterocycles. The molecule has 2 heterocycles. The fourth-order valence-electron chi connectivity index (χ4n) is 4.27. The van der Waals surface area contributed by atoms with Gasteiger partial charge in [0.1, 0.15) is 17.1 Å². The second-order valence-electron chi connectivity index (χ2n) is 7.81. The average molecular weight is 415 g/mol. The summed E-state index contributed by atoms with van der Waals surface area (Å²) in [4.78, 5) is 2.46. The molecule has 2 aliphatic rings. The van der Waals surface area contributed by atoms with Gasteiger partial charge in [-0.05, 0) is 55.2 Å². The van der Waals surface area contributed by atoms with Crippen LogP contribution in [-0.2, 0) is 6.42 Å². The van der Waals surface area contributed by atoms with E-state index in [9.17, 15) is 5.11 Å². The maximum Gasteiger partial charge on any atom is 0.126 e. The number of nitrogens with zero attached hydrogens (tertiary/aromatic N) is 2. The molecule has 0 amide bonds. The molecule has 29 heavy (non-hydrogen) atoms. The Kier molecular flexibility index (Phi) is 6.69. The normalized spacial score (nSPS) is 20.1. The molecule has 5 nitrogen and oxygen atoms in total. The van der Waals surface area contributed by atoms with Gasteiger partial charge in [-0.1, -0.05) is 12.1 Å². The van der Waals surface area contributed by atoms with Gasteiger partial charge in [0.2, 0.25) is 0 Å². The molecule has 0 bridgehead atoms. The van der Waals surface area contributed by atoms with Gasteiger partial charge in [-0.15, -0.1) is 12.4 Å². The minimum atomic E-state index is -0.510. The van der Waals surface area contributed by atoms with E-state index in [2.05, 4.69) is 11.0 Å². The van der Waals surface area contributed by atoms with Crippen molar-refractivity contribution < 1.29 is 14.6 Å². The van der Waals surface area contributed by atoms with Crippen LogP contribution in [0.4, 0.5) is 0 Å². The standard InChI is InChI=1S/C23H26N2O3.ClH/c1-27-19-6-7-22-20(14-19)21(26)15-23(28-22)9-12-25(13-10-23)11-8-17-2-4-18(16-24)5-3-17;/h2-7,14,21,26H,8-13,15H2,1H3;1H. The maximum atomic E-state index is 10.7. The summed E-state index contributed by atoms with van der Waals surface area (Å²) in [7, 11) is 1.63. The fraction of sp³-hybridized carbons (Fsp3) is 0.435. The summed E-state index contributed by atoms with van der Waals surface area (Å²) in [5.74, 6) is 1.53. The third kappa shape index (κ3) is 4.67. The first kappa shape index (κ1) is 21.4. The molecule has 0 radical (unpaired) electrons. The molecule has 1 fully saturated rings. The van der Waals surface area contributed by atoms with Crippen LogP contribution >= 0.6 is 12.4 Å². The van der Waals surface area contributed by atoms with Gasteiger partial charge in [0.25, 0.3) is 0 Å². The van der Waals surface area contributed by atoms with Crippen LogP contribution in [0.25, 0.3) is 0 Å². The maximum absolute atomic E-state index is 10.7. The number of nitriles is 1. The second kappa shape index (κ2) is 9.04. The summed E-state index contributed by atoms with van der Waals surface area (Å²) in [6.07, 6.45) is 2.94. The quantitative estimate of drug-likeness (QED) is 0.822. The van der Waals surface area contributed by atoms with Crippen LogP contribution in [-0.4, -0.2) is 42.4 Å². The summed E-state index contributed by atoms with van der Waals surface area (Å²) >= 11 is 0. The summed E-state index contributed by atoms with van der Waals surface area (Å²) in [6.45, 7) is 2.93. The van der Waals surface area contributed by atoms with Crippen LogP contribution in [0, 0.1) is 11.3 Å².